The first kappa shape index (κ1) is 15.0. The Labute approximate surface area is 128 Å². The molecular formula is C15H21N3O4. The van der Waals surface area contributed by atoms with Gasteiger partial charge < -0.3 is 9.32 Å². The molecule has 1 N–H and O–H groups in total. The summed E-state index contributed by atoms with van der Waals surface area (Å²) in [6, 6.07) is 0. The molecule has 1 saturated heterocycles. The molecule has 1 saturated carbocycles. The van der Waals surface area contributed by atoms with E-state index in [1.54, 1.807) is 0 Å². The fraction of sp³-hybridized carbons (Fsp3) is 0.733. The van der Waals surface area contributed by atoms with E-state index in [1.807, 2.05) is 11.8 Å². The molecule has 0 bridgehead atoms. The highest BCUT2D eigenvalue weighted by Crippen LogP contribution is 2.32. The first-order valence-corrected chi connectivity index (χ1v) is 7.90. The zero-order chi connectivity index (χ0) is 15.7. The number of hydrogen-bond donors (Lipinski definition) is 1. The highest BCUT2D eigenvalue weighted by Gasteiger charge is 2.34. The predicted octanol–water partition coefficient (Wildman–Crippen LogP) is 1.07. The number of likely N-dealkylation sites (tertiary alicyclic amines) is 1. The number of ketones is 1. The number of aromatic nitrogens is 2. The summed E-state index contributed by atoms with van der Waals surface area (Å²) in [5.41, 5.74) is 0. The molecular weight excluding hydrogens is 286 g/mol. The fourth-order valence-corrected chi connectivity index (χ4v) is 3.49. The number of amides is 1. The van der Waals surface area contributed by atoms with Gasteiger partial charge in [0.1, 0.15) is 5.78 Å². The first-order chi connectivity index (χ1) is 10.5. The summed E-state index contributed by atoms with van der Waals surface area (Å²) in [5.74, 6) is 0.621. The van der Waals surface area contributed by atoms with E-state index >= 15 is 0 Å². The van der Waals surface area contributed by atoms with E-state index in [9.17, 15) is 14.4 Å². The van der Waals surface area contributed by atoms with Crippen molar-refractivity contribution in [3.63, 3.8) is 0 Å². The minimum absolute atomic E-state index is 0.0137. The molecule has 7 heteroatoms. The van der Waals surface area contributed by atoms with Crippen LogP contribution in [0.15, 0.2) is 9.21 Å². The summed E-state index contributed by atoms with van der Waals surface area (Å²) in [6.07, 6.45) is 3.41. The summed E-state index contributed by atoms with van der Waals surface area (Å²) in [4.78, 5) is 36.8. The highest BCUT2D eigenvalue weighted by molar-refractivity contribution is 5.85. The third-order valence-corrected chi connectivity index (χ3v) is 5.06. The number of nitrogens with zero attached hydrogens (tertiary/aromatic N) is 2. The molecule has 0 radical (unpaired) electrons. The Morgan fingerprint density at radius 3 is 2.59 bits per heavy atom. The zero-order valence-corrected chi connectivity index (χ0v) is 12.7. The first-order valence-electron chi connectivity index (χ1n) is 7.90. The van der Waals surface area contributed by atoms with Crippen LogP contribution in [0.4, 0.5) is 0 Å². The van der Waals surface area contributed by atoms with Gasteiger partial charge in [0.15, 0.2) is 0 Å². The molecule has 2 fully saturated rings. The molecule has 22 heavy (non-hydrogen) atoms. The highest BCUT2D eigenvalue weighted by atomic mass is 16.4. The minimum Gasteiger partial charge on any atom is -0.392 e. The fourth-order valence-electron chi connectivity index (χ4n) is 3.49. The standard InChI is InChI=1S/C15H21N3O4/c1-9-11(2-3-12(9)19)8-13(20)18-6-4-10(5-7-18)14-16-17-15(21)22-14/h9-11H,2-8H2,1H3,(H,17,21). The topological polar surface area (TPSA) is 96.3 Å². The van der Waals surface area contributed by atoms with E-state index in [0.29, 0.717) is 31.8 Å². The third-order valence-electron chi connectivity index (χ3n) is 5.06. The van der Waals surface area contributed by atoms with Crippen molar-refractivity contribution in [2.75, 3.05) is 13.1 Å². The van der Waals surface area contributed by atoms with E-state index in [4.69, 9.17) is 4.42 Å². The molecule has 2 atom stereocenters. The Morgan fingerprint density at radius 2 is 2.05 bits per heavy atom. The molecule has 1 aromatic heterocycles. The van der Waals surface area contributed by atoms with Gasteiger partial charge in [0.25, 0.3) is 0 Å². The maximum absolute atomic E-state index is 12.4. The summed E-state index contributed by atoms with van der Waals surface area (Å²) < 4.78 is 4.99. The van der Waals surface area contributed by atoms with Gasteiger partial charge in [-0.05, 0) is 25.2 Å². The summed E-state index contributed by atoms with van der Waals surface area (Å²) in [5, 5.41) is 6.14. The SMILES string of the molecule is CC1C(=O)CCC1CC(=O)N1CCC(c2n[nH]c(=O)o2)CC1. The monoisotopic (exact) mass is 307 g/mol. The van der Waals surface area contributed by atoms with Crippen molar-refractivity contribution >= 4 is 11.7 Å². The lowest BCUT2D eigenvalue weighted by atomic mass is 9.92. The molecule has 1 amide bonds. The van der Waals surface area contributed by atoms with Crippen LogP contribution in [-0.4, -0.2) is 39.9 Å². The van der Waals surface area contributed by atoms with E-state index in [2.05, 4.69) is 10.2 Å². The van der Waals surface area contributed by atoms with Crippen LogP contribution >= 0.6 is 0 Å². The number of Topliss-reactive ketones (excluding diaryl/α,β-unsaturated/α-hetero) is 1. The normalized spacial score (nSPS) is 26.6. The molecule has 1 aliphatic heterocycles. The van der Waals surface area contributed by atoms with Gasteiger partial charge in [0, 0.05) is 37.8 Å². The van der Waals surface area contributed by atoms with Gasteiger partial charge in [0.05, 0.1) is 0 Å². The number of carbonyl (C=O) groups is 2. The summed E-state index contributed by atoms with van der Waals surface area (Å²) in [7, 11) is 0. The quantitative estimate of drug-likeness (QED) is 0.901. The van der Waals surface area contributed by atoms with Crippen LogP contribution in [0.25, 0.3) is 0 Å². The van der Waals surface area contributed by atoms with Gasteiger partial charge in [-0.1, -0.05) is 6.92 Å². The van der Waals surface area contributed by atoms with E-state index < -0.39 is 5.76 Å². The van der Waals surface area contributed by atoms with Gasteiger partial charge in [-0.25, -0.2) is 9.89 Å². The lowest BCUT2D eigenvalue weighted by Gasteiger charge is -2.31. The maximum atomic E-state index is 12.4. The predicted molar refractivity (Wildman–Crippen MR) is 77.2 cm³/mol. The van der Waals surface area contributed by atoms with Crippen molar-refractivity contribution in [1.29, 1.82) is 0 Å². The Morgan fingerprint density at radius 1 is 1.32 bits per heavy atom. The van der Waals surface area contributed by atoms with Crippen molar-refractivity contribution in [3.8, 4) is 0 Å². The van der Waals surface area contributed by atoms with Crippen LogP contribution < -0.4 is 5.76 Å². The van der Waals surface area contributed by atoms with Gasteiger partial charge in [-0.15, -0.1) is 5.10 Å². The Kier molecular flexibility index (Phi) is 4.13. The molecule has 0 spiro atoms. The maximum Gasteiger partial charge on any atom is 0.434 e. The van der Waals surface area contributed by atoms with E-state index in [-0.39, 0.29) is 29.4 Å². The minimum atomic E-state index is -0.534. The lowest BCUT2D eigenvalue weighted by Crippen LogP contribution is -2.39. The molecule has 2 aliphatic rings. The van der Waals surface area contributed by atoms with Gasteiger partial charge in [-0.2, -0.15) is 0 Å². The van der Waals surface area contributed by atoms with Gasteiger partial charge in [0.2, 0.25) is 11.8 Å². The van der Waals surface area contributed by atoms with E-state index in [1.165, 1.54) is 0 Å². The van der Waals surface area contributed by atoms with Crippen LogP contribution in [0.5, 0.6) is 0 Å². The number of H-pyrrole nitrogens is 1. The molecule has 3 rings (SSSR count). The number of nitrogens with one attached hydrogen (secondary N) is 1. The second-order valence-electron chi connectivity index (χ2n) is 6.36. The molecule has 2 heterocycles. The van der Waals surface area contributed by atoms with Crippen LogP contribution in [0, 0.1) is 11.8 Å². The van der Waals surface area contributed by atoms with Crippen LogP contribution in [0.3, 0.4) is 0 Å². The number of hydrogen-bond acceptors (Lipinski definition) is 5. The third kappa shape index (κ3) is 2.98. The van der Waals surface area contributed by atoms with Gasteiger partial charge in [-0.3, -0.25) is 9.59 Å². The number of rotatable bonds is 3. The van der Waals surface area contributed by atoms with Crippen molar-refractivity contribution in [2.24, 2.45) is 11.8 Å². The molecule has 0 aromatic carbocycles. The molecule has 1 aromatic rings. The molecule has 120 valence electrons. The molecule has 7 nitrogen and oxygen atoms in total. The Bertz CT molecular complexity index is 612. The van der Waals surface area contributed by atoms with Crippen molar-refractivity contribution < 1.29 is 14.0 Å². The zero-order valence-electron chi connectivity index (χ0n) is 12.7. The van der Waals surface area contributed by atoms with Gasteiger partial charge >= 0.3 is 5.76 Å². The van der Waals surface area contributed by atoms with Crippen LogP contribution in [-0.2, 0) is 9.59 Å². The van der Waals surface area contributed by atoms with E-state index in [0.717, 1.165) is 19.3 Å². The van der Waals surface area contributed by atoms with Crippen LogP contribution in [0.2, 0.25) is 0 Å². The Balaban J connectivity index is 1.52. The largest absolute Gasteiger partial charge is 0.434 e. The number of carbonyl (C=O) groups excluding carboxylic acids is 2. The molecule has 2 unspecified atom stereocenters. The average Bonchev–Trinajstić information content (AvgIpc) is 3.08. The van der Waals surface area contributed by atoms with Crippen molar-refractivity contribution in [2.45, 2.75) is 44.9 Å². The second kappa shape index (κ2) is 6.06. The number of piperidine rings is 1. The molecule has 1 aliphatic carbocycles. The number of aromatic amines is 1. The second-order valence-corrected chi connectivity index (χ2v) is 6.36. The lowest BCUT2D eigenvalue weighted by molar-refractivity contribution is -0.133. The summed E-state index contributed by atoms with van der Waals surface area (Å²) >= 11 is 0. The van der Waals surface area contributed by atoms with Crippen molar-refractivity contribution in [3.05, 3.63) is 16.4 Å². The Hall–Kier alpha value is -1.92. The van der Waals surface area contributed by atoms with Crippen LogP contribution in [0.1, 0.15) is 50.8 Å². The van der Waals surface area contributed by atoms with Crippen molar-refractivity contribution in [1.82, 2.24) is 15.1 Å². The average molecular weight is 307 g/mol. The smallest absolute Gasteiger partial charge is 0.392 e. The summed E-state index contributed by atoms with van der Waals surface area (Å²) in [6.45, 7) is 3.23.